The maximum absolute atomic E-state index is 12.6. The summed E-state index contributed by atoms with van der Waals surface area (Å²) in [5.41, 5.74) is 2.19. The summed E-state index contributed by atoms with van der Waals surface area (Å²) in [6.45, 7) is 6.54. The van der Waals surface area contributed by atoms with Gasteiger partial charge in [0.1, 0.15) is 5.69 Å². The van der Waals surface area contributed by atoms with Crippen molar-refractivity contribution in [2.24, 2.45) is 13.0 Å². The van der Waals surface area contributed by atoms with Crippen LogP contribution in [0.5, 0.6) is 0 Å². The van der Waals surface area contributed by atoms with E-state index in [9.17, 15) is 4.79 Å². The van der Waals surface area contributed by atoms with Gasteiger partial charge in [-0.15, -0.1) is 5.10 Å². The SMILES string of the molecule is Cn1ccc2c([C@H](NSC(C)(C)C)c3cn(C45CC(C4)C5)nn3)cccc2c1=O. The van der Waals surface area contributed by atoms with Crippen molar-refractivity contribution in [2.75, 3.05) is 0 Å². The average molecular weight is 410 g/mol. The zero-order chi connectivity index (χ0) is 20.4. The first-order valence-corrected chi connectivity index (χ1v) is 11.0. The summed E-state index contributed by atoms with van der Waals surface area (Å²) in [7, 11) is 1.79. The van der Waals surface area contributed by atoms with E-state index in [0.29, 0.717) is 0 Å². The summed E-state index contributed by atoms with van der Waals surface area (Å²) in [5, 5.41) is 10.8. The maximum Gasteiger partial charge on any atom is 0.258 e. The maximum atomic E-state index is 12.6. The number of fused-ring (bicyclic) bond motifs is 1. The van der Waals surface area contributed by atoms with Crippen LogP contribution < -0.4 is 10.3 Å². The third-order valence-electron chi connectivity index (χ3n) is 6.25. The highest BCUT2D eigenvalue weighted by Gasteiger charge is 2.58. The molecule has 29 heavy (non-hydrogen) atoms. The molecular weight excluding hydrogens is 382 g/mol. The lowest BCUT2D eigenvalue weighted by molar-refractivity contribution is -0.0989. The van der Waals surface area contributed by atoms with Crippen molar-refractivity contribution in [3.05, 3.63) is 58.3 Å². The zero-order valence-corrected chi connectivity index (χ0v) is 18.2. The Bertz CT molecular complexity index is 1130. The van der Waals surface area contributed by atoms with Gasteiger partial charge in [-0.1, -0.05) is 29.3 Å². The second kappa shape index (κ2) is 6.44. The number of aryl methyl sites for hydroxylation is 1. The largest absolute Gasteiger partial charge is 0.318 e. The third-order valence-corrected chi connectivity index (χ3v) is 7.21. The van der Waals surface area contributed by atoms with Crippen LogP contribution in [-0.4, -0.2) is 24.3 Å². The van der Waals surface area contributed by atoms with Gasteiger partial charge in [0.2, 0.25) is 0 Å². The van der Waals surface area contributed by atoms with Gasteiger partial charge in [0.15, 0.2) is 0 Å². The Labute approximate surface area is 174 Å². The van der Waals surface area contributed by atoms with Crippen LogP contribution in [0, 0.1) is 5.92 Å². The molecule has 3 saturated carbocycles. The van der Waals surface area contributed by atoms with Crippen molar-refractivity contribution in [3.8, 4) is 0 Å². The molecule has 3 aromatic rings. The molecule has 0 amide bonds. The number of nitrogens with zero attached hydrogens (tertiary/aromatic N) is 4. The number of nitrogens with one attached hydrogen (secondary N) is 1. The molecule has 0 unspecified atom stereocenters. The lowest BCUT2D eigenvalue weighted by Gasteiger charge is -2.61. The normalized spacial score (nSPS) is 24.2. The minimum absolute atomic E-state index is 0.0177. The van der Waals surface area contributed by atoms with Gasteiger partial charge in [0, 0.05) is 23.4 Å². The number of pyridine rings is 1. The highest BCUT2D eigenvalue weighted by atomic mass is 32.2. The molecule has 2 bridgehead atoms. The molecule has 6 nitrogen and oxygen atoms in total. The lowest BCUT2D eigenvalue weighted by atomic mass is 9.50. The molecule has 0 aliphatic heterocycles. The molecule has 0 saturated heterocycles. The second-order valence-electron chi connectivity index (χ2n) is 9.60. The summed E-state index contributed by atoms with van der Waals surface area (Å²) < 4.78 is 7.38. The predicted molar refractivity (Wildman–Crippen MR) is 117 cm³/mol. The summed E-state index contributed by atoms with van der Waals surface area (Å²) in [4.78, 5) is 12.6. The summed E-state index contributed by atoms with van der Waals surface area (Å²) in [6, 6.07) is 7.82. The molecule has 3 aliphatic carbocycles. The van der Waals surface area contributed by atoms with E-state index in [1.165, 1.54) is 19.3 Å². The van der Waals surface area contributed by atoms with Crippen LogP contribution in [-0.2, 0) is 12.6 Å². The molecule has 3 aliphatic rings. The molecule has 152 valence electrons. The zero-order valence-electron chi connectivity index (χ0n) is 17.3. The topological polar surface area (TPSA) is 64.7 Å². The van der Waals surface area contributed by atoms with Crippen molar-refractivity contribution in [1.82, 2.24) is 24.3 Å². The van der Waals surface area contributed by atoms with Gasteiger partial charge >= 0.3 is 0 Å². The molecule has 1 aromatic carbocycles. The summed E-state index contributed by atoms with van der Waals surface area (Å²) in [5.74, 6) is 0.891. The molecule has 1 N–H and O–H groups in total. The molecule has 2 aromatic heterocycles. The van der Waals surface area contributed by atoms with E-state index in [1.54, 1.807) is 23.6 Å². The van der Waals surface area contributed by atoms with Crippen molar-refractivity contribution in [2.45, 2.75) is 56.4 Å². The van der Waals surface area contributed by atoms with E-state index in [1.807, 2.05) is 24.4 Å². The fraction of sp³-hybridized carbons (Fsp3) is 0.500. The highest BCUT2D eigenvalue weighted by molar-refractivity contribution is 7.98. The van der Waals surface area contributed by atoms with E-state index >= 15 is 0 Å². The fourth-order valence-corrected chi connectivity index (χ4v) is 5.24. The molecule has 3 fully saturated rings. The summed E-state index contributed by atoms with van der Waals surface area (Å²) in [6.07, 6.45) is 7.63. The first-order valence-electron chi connectivity index (χ1n) is 10.2. The van der Waals surface area contributed by atoms with Gasteiger partial charge in [0.25, 0.3) is 5.56 Å². The third kappa shape index (κ3) is 3.11. The Kier molecular flexibility index (Phi) is 4.19. The molecule has 1 atom stereocenters. The number of benzene rings is 1. The molecule has 7 heteroatoms. The van der Waals surface area contributed by atoms with Crippen molar-refractivity contribution in [3.63, 3.8) is 0 Å². The molecule has 0 radical (unpaired) electrons. The van der Waals surface area contributed by atoms with Crippen LogP contribution in [0.15, 0.2) is 41.5 Å². The van der Waals surface area contributed by atoms with Crippen molar-refractivity contribution in [1.29, 1.82) is 0 Å². The Balaban J connectivity index is 1.58. The number of hydrogen-bond acceptors (Lipinski definition) is 5. The fourth-order valence-electron chi connectivity index (χ4n) is 4.52. The Morgan fingerprint density at radius 1 is 1.21 bits per heavy atom. The van der Waals surface area contributed by atoms with Gasteiger partial charge in [-0.05, 0) is 69.0 Å². The van der Waals surface area contributed by atoms with Gasteiger partial charge in [0.05, 0.1) is 17.8 Å². The number of hydrogen-bond donors (Lipinski definition) is 1. The van der Waals surface area contributed by atoms with E-state index in [2.05, 4.69) is 52.8 Å². The van der Waals surface area contributed by atoms with Crippen LogP contribution in [0.2, 0.25) is 0 Å². The van der Waals surface area contributed by atoms with Gasteiger partial charge in [-0.25, -0.2) is 9.40 Å². The average Bonchev–Trinajstić information content (AvgIpc) is 3.04. The van der Waals surface area contributed by atoms with Crippen molar-refractivity contribution < 1.29 is 0 Å². The molecule has 2 heterocycles. The predicted octanol–water partition coefficient (Wildman–Crippen LogP) is 3.76. The van der Waals surface area contributed by atoms with Crippen LogP contribution >= 0.6 is 11.9 Å². The van der Waals surface area contributed by atoms with Crippen LogP contribution in [0.25, 0.3) is 10.8 Å². The molecule has 0 spiro atoms. The van der Waals surface area contributed by atoms with E-state index < -0.39 is 0 Å². The standard InChI is InChI=1S/C22H27N5OS/c1-21(2,3)29-24-19(18-13-27(25-23-18)22-10-14(11-22)12-22)16-6-5-7-17-15(16)8-9-26(4)20(17)28/h5-9,13-14,19,24H,10-12H2,1-4H3/t14?,19-,22?/m0/s1. The van der Waals surface area contributed by atoms with Crippen LogP contribution in [0.3, 0.4) is 0 Å². The number of aromatic nitrogens is 4. The first-order chi connectivity index (χ1) is 13.8. The van der Waals surface area contributed by atoms with E-state index in [0.717, 1.165) is 27.9 Å². The second-order valence-corrected chi connectivity index (χ2v) is 11.3. The van der Waals surface area contributed by atoms with E-state index in [-0.39, 0.29) is 21.9 Å². The lowest BCUT2D eigenvalue weighted by Crippen LogP contribution is -2.59. The monoisotopic (exact) mass is 409 g/mol. The Morgan fingerprint density at radius 2 is 1.97 bits per heavy atom. The Hall–Kier alpha value is -2.12. The Morgan fingerprint density at radius 3 is 2.62 bits per heavy atom. The smallest absolute Gasteiger partial charge is 0.258 e. The minimum atomic E-state index is -0.142. The van der Waals surface area contributed by atoms with E-state index in [4.69, 9.17) is 0 Å². The molecule has 6 rings (SSSR count). The quantitative estimate of drug-likeness (QED) is 0.650. The summed E-state index contributed by atoms with van der Waals surface area (Å²) >= 11 is 1.68. The van der Waals surface area contributed by atoms with Crippen LogP contribution in [0.4, 0.5) is 0 Å². The van der Waals surface area contributed by atoms with Crippen LogP contribution in [0.1, 0.15) is 57.3 Å². The minimum Gasteiger partial charge on any atom is -0.318 e. The van der Waals surface area contributed by atoms with Crippen molar-refractivity contribution >= 4 is 22.7 Å². The van der Waals surface area contributed by atoms with Gasteiger partial charge < -0.3 is 4.57 Å². The highest BCUT2D eigenvalue weighted by Crippen LogP contribution is 2.61. The molecular formula is C22H27N5OS. The van der Waals surface area contributed by atoms with Gasteiger partial charge in [-0.3, -0.25) is 4.79 Å². The van der Waals surface area contributed by atoms with Gasteiger partial charge in [-0.2, -0.15) is 0 Å². The first kappa shape index (κ1) is 18.9. The number of rotatable bonds is 5.